The van der Waals surface area contributed by atoms with Gasteiger partial charge in [0.05, 0.1) is 12.3 Å². The molecule has 0 aliphatic rings. The van der Waals surface area contributed by atoms with Gasteiger partial charge in [0.1, 0.15) is 10.7 Å². The molecule has 0 aromatic heterocycles. The van der Waals surface area contributed by atoms with Gasteiger partial charge in [-0.05, 0) is 24.6 Å². The van der Waals surface area contributed by atoms with Gasteiger partial charge in [-0.15, -0.1) is 0 Å². The molecule has 102 valence electrons. The highest BCUT2D eigenvalue weighted by molar-refractivity contribution is 7.89. The Morgan fingerprint density at radius 1 is 1.39 bits per heavy atom. The molecule has 5 nitrogen and oxygen atoms in total. The number of benzene rings is 1. The number of nitrogens with zero attached hydrogens (tertiary/aromatic N) is 1. The van der Waals surface area contributed by atoms with Crippen molar-refractivity contribution in [2.75, 3.05) is 25.4 Å². The van der Waals surface area contributed by atoms with Crippen LogP contribution >= 0.6 is 0 Å². The van der Waals surface area contributed by atoms with E-state index in [-0.39, 0.29) is 30.3 Å². The van der Waals surface area contributed by atoms with Crippen LogP contribution in [-0.4, -0.2) is 37.5 Å². The van der Waals surface area contributed by atoms with Crippen LogP contribution in [0.3, 0.4) is 0 Å². The van der Waals surface area contributed by atoms with Gasteiger partial charge in [-0.2, -0.15) is 4.31 Å². The maximum absolute atomic E-state index is 12.9. The summed E-state index contributed by atoms with van der Waals surface area (Å²) >= 11 is 0. The number of nitrogen functional groups attached to an aromatic ring is 1. The first-order valence-corrected chi connectivity index (χ1v) is 7.03. The minimum absolute atomic E-state index is 0.00695. The first-order valence-electron chi connectivity index (χ1n) is 5.59. The molecule has 3 N–H and O–H groups in total. The molecule has 0 unspecified atom stereocenters. The molecule has 0 saturated carbocycles. The van der Waals surface area contributed by atoms with Crippen molar-refractivity contribution in [2.24, 2.45) is 0 Å². The quantitative estimate of drug-likeness (QED) is 0.753. The van der Waals surface area contributed by atoms with E-state index in [4.69, 9.17) is 10.8 Å². The minimum atomic E-state index is -3.79. The molecule has 1 aromatic carbocycles. The maximum atomic E-state index is 12.9. The van der Waals surface area contributed by atoms with Gasteiger partial charge < -0.3 is 10.8 Å². The Hall–Kier alpha value is -1.18. The Labute approximate surface area is 106 Å². The molecule has 0 amide bonds. The van der Waals surface area contributed by atoms with Crippen molar-refractivity contribution in [3.8, 4) is 0 Å². The van der Waals surface area contributed by atoms with Gasteiger partial charge in [0.2, 0.25) is 10.0 Å². The monoisotopic (exact) mass is 276 g/mol. The van der Waals surface area contributed by atoms with E-state index in [1.165, 1.54) is 0 Å². The number of hydrogen-bond acceptors (Lipinski definition) is 4. The van der Waals surface area contributed by atoms with Gasteiger partial charge in [0.25, 0.3) is 0 Å². The van der Waals surface area contributed by atoms with Crippen molar-refractivity contribution >= 4 is 15.7 Å². The Bertz CT molecular complexity index is 499. The lowest BCUT2D eigenvalue weighted by Gasteiger charge is -2.21. The maximum Gasteiger partial charge on any atom is 0.245 e. The number of nitrogens with two attached hydrogens (primary N) is 1. The van der Waals surface area contributed by atoms with E-state index in [9.17, 15) is 12.8 Å². The molecular formula is C11H17FN2O3S. The van der Waals surface area contributed by atoms with Crippen LogP contribution in [0.1, 0.15) is 13.3 Å². The van der Waals surface area contributed by atoms with Gasteiger partial charge >= 0.3 is 0 Å². The van der Waals surface area contributed by atoms with E-state index in [0.717, 1.165) is 22.5 Å². The molecule has 0 spiro atoms. The molecule has 0 saturated heterocycles. The lowest BCUT2D eigenvalue weighted by molar-refractivity contribution is 0.253. The summed E-state index contributed by atoms with van der Waals surface area (Å²) in [5.74, 6) is -0.587. The van der Waals surface area contributed by atoms with Crippen LogP contribution in [0.15, 0.2) is 23.1 Å². The zero-order valence-corrected chi connectivity index (χ0v) is 11.0. The molecule has 0 aliphatic heterocycles. The third kappa shape index (κ3) is 3.18. The Kier molecular flexibility index (Phi) is 5.06. The molecule has 0 atom stereocenters. The zero-order chi connectivity index (χ0) is 13.8. The average molecular weight is 276 g/mol. The second kappa shape index (κ2) is 6.12. The Morgan fingerprint density at radius 3 is 2.56 bits per heavy atom. The van der Waals surface area contributed by atoms with Crippen LogP contribution in [-0.2, 0) is 10.0 Å². The third-order valence-electron chi connectivity index (χ3n) is 2.41. The molecule has 0 fully saturated rings. The number of halogens is 1. The predicted octanol–water partition coefficient (Wildman–Crippen LogP) is 0.801. The highest BCUT2D eigenvalue weighted by Gasteiger charge is 2.25. The van der Waals surface area contributed by atoms with Crippen LogP contribution in [0, 0.1) is 5.82 Å². The SMILES string of the molecule is CCCN(CCO)S(=O)(=O)c1ccc(F)cc1N. The van der Waals surface area contributed by atoms with Crippen LogP contribution in [0.2, 0.25) is 0 Å². The van der Waals surface area contributed by atoms with Gasteiger partial charge in [0, 0.05) is 13.1 Å². The van der Waals surface area contributed by atoms with Gasteiger partial charge in [0.15, 0.2) is 0 Å². The van der Waals surface area contributed by atoms with Crippen molar-refractivity contribution in [3.63, 3.8) is 0 Å². The predicted molar refractivity (Wildman–Crippen MR) is 66.9 cm³/mol. The summed E-state index contributed by atoms with van der Waals surface area (Å²) < 4.78 is 38.6. The molecule has 0 heterocycles. The van der Waals surface area contributed by atoms with E-state index in [0.29, 0.717) is 6.42 Å². The molecule has 0 aliphatic carbocycles. The number of hydrogen-bond donors (Lipinski definition) is 2. The van der Waals surface area contributed by atoms with Crippen molar-refractivity contribution in [1.29, 1.82) is 0 Å². The highest BCUT2D eigenvalue weighted by atomic mass is 32.2. The largest absolute Gasteiger partial charge is 0.398 e. The first kappa shape index (κ1) is 14.9. The number of aliphatic hydroxyl groups is 1. The van der Waals surface area contributed by atoms with Crippen molar-refractivity contribution in [1.82, 2.24) is 4.31 Å². The summed E-state index contributed by atoms with van der Waals surface area (Å²) in [5, 5.41) is 8.89. The summed E-state index contributed by atoms with van der Waals surface area (Å²) in [4.78, 5) is -0.134. The third-order valence-corrected chi connectivity index (χ3v) is 4.38. The lowest BCUT2D eigenvalue weighted by atomic mass is 10.3. The highest BCUT2D eigenvalue weighted by Crippen LogP contribution is 2.23. The number of sulfonamides is 1. The fourth-order valence-electron chi connectivity index (χ4n) is 1.61. The number of aliphatic hydroxyl groups excluding tert-OH is 1. The average Bonchev–Trinajstić information content (AvgIpc) is 2.28. The van der Waals surface area contributed by atoms with Crippen molar-refractivity contribution in [3.05, 3.63) is 24.0 Å². The fraction of sp³-hybridized carbons (Fsp3) is 0.455. The van der Waals surface area contributed by atoms with Crippen LogP contribution < -0.4 is 5.73 Å². The molecule has 0 radical (unpaired) electrons. The van der Waals surface area contributed by atoms with E-state index in [1.54, 1.807) is 0 Å². The van der Waals surface area contributed by atoms with Gasteiger partial charge in [-0.25, -0.2) is 12.8 Å². The van der Waals surface area contributed by atoms with Gasteiger partial charge in [-0.3, -0.25) is 0 Å². The zero-order valence-electron chi connectivity index (χ0n) is 10.1. The summed E-state index contributed by atoms with van der Waals surface area (Å²) in [6.07, 6.45) is 0.611. The molecule has 1 aromatic rings. The minimum Gasteiger partial charge on any atom is -0.398 e. The summed E-state index contributed by atoms with van der Waals surface area (Å²) in [6.45, 7) is 1.82. The molecular weight excluding hydrogens is 259 g/mol. The first-order chi connectivity index (χ1) is 8.43. The molecule has 18 heavy (non-hydrogen) atoms. The smallest absolute Gasteiger partial charge is 0.245 e. The topological polar surface area (TPSA) is 83.6 Å². The summed E-state index contributed by atoms with van der Waals surface area (Å²) in [7, 11) is -3.79. The van der Waals surface area contributed by atoms with E-state index < -0.39 is 15.8 Å². The second-order valence-electron chi connectivity index (χ2n) is 3.81. The van der Waals surface area contributed by atoms with Crippen molar-refractivity contribution in [2.45, 2.75) is 18.2 Å². The van der Waals surface area contributed by atoms with E-state index in [1.807, 2.05) is 6.92 Å². The van der Waals surface area contributed by atoms with Crippen molar-refractivity contribution < 1.29 is 17.9 Å². The molecule has 0 bridgehead atoms. The van der Waals surface area contributed by atoms with Crippen LogP contribution in [0.5, 0.6) is 0 Å². The normalized spacial score (nSPS) is 12.0. The molecule has 7 heteroatoms. The number of anilines is 1. The Morgan fingerprint density at radius 2 is 2.06 bits per heavy atom. The standard InChI is InChI=1S/C11H17FN2O3S/c1-2-5-14(6-7-15)18(16,17)11-4-3-9(12)8-10(11)13/h3-4,8,15H,2,5-7,13H2,1H3. The second-order valence-corrected chi connectivity index (χ2v) is 5.72. The van der Waals surface area contributed by atoms with Crippen LogP contribution in [0.25, 0.3) is 0 Å². The number of rotatable bonds is 6. The summed E-state index contributed by atoms with van der Waals surface area (Å²) in [5.41, 5.74) is 5.40. The van der Waals surface area contributed by atoms with Crippen LogP contribution in [0.4, 0.5) is 10.1 Å². The Balaban J connectivity index is 3.17. The summed E-state index contributed by atoms with van der Waals surface area (Å²) in [6, 6.07) is 3.16. The lowest BCUT2D eigenvalue weighted by Crippen LogP contribution is -2.34. The van der Waals surface area contributed by atoms with Gasteiger partial charge in [-0.1, -0.05) is 6.92 Å². The molecule has 1 rings (SSSR count). The van der Waals surface area contributed by atoms with E-state index in [2.05, 4.69) is 0 Å². The van der Waals surface area contributed by atoms with E-state index >= 15 is 0 Å². The fourth-order valence-corrected chi connectivity index (χ4v) is 3.23.